The highest BCUT2D eigenvalue weighted by molar-refractivity contribution is 5.11. The molecule has 1 rings (SSSR count). The summed E-state index contributed by atoms with van der Waals surface area (Å²) in [5.74, 6) is 0.918. The van der Waals surface area contributed by atoms with Crippen molar-refractivity contribution in [3.8, 4) is 0 Å². The molecule has 1 unspecified atom stereocenters. The molecule has 0 saturated carbocycles. The summed E-state index contributed by atoms with van der Waals surface area (Å²) in [5.41, 5.74) is 1.19. The molecule has 1 aromatic rings. The number of nitrogens with one attached hydrogen (secondary N) is 1. The van der Waals surface area contributed by atoms with E-state index in [1.807, 2.05) is 6.26 Å². The van der Waals surface area contributed by atoms with Gasteiger partial charge >= 0.3 is 0 Å². The van der Waals surface area contributed by atoms with E-state index in [0.29, 0.717) is 12.7 Å². The maximum absolute atomic E-state index is 5.69. The van der Waals surface area contributed by atoms with Gasteiger partial charge in [0, 0.05) is 12.1 Å². The Labute approximate surface area is 105 Å². The standard InChI is InChI=1S/C14H25NO2/c1-4-6-12(3)16-11-14-8-13(10-17-14)9-15-7-5-2/h8,10,12,15H,4-7,9,11H2,1-3H3. The van der Waals surface area contributed by atoms with Gasteiger partial charge in [-0.1, -0.05) is 20.3 Å². The topological polar surface area (TPSA) is 34.4 Å². The fourth-order valence-corrected chi connectivity index (χ4v) is 1.72. The number of ether oxygens (including phenoxy) is 1. The molecule has 17 heavy (non-hydrogen) atoms. The first-order valence-electron chi connectivity index (χ1n) is 6.64. The van der Waals surface area contributed by atoms with E-state index < -0.39 is 0 Å². The molecule has 1 N–H and O–H groups in total. The molecule has 0 amide bonds. The average molecular weight is 239 g/mol. The van der Waals surface area contributed by atoms with Crippen LogP contribution in [0.1, 0.15) is 51.4 Å². The molecule has 3 nitrogen and oxygen atoms in total. The van der Waals surface area contributed by atoms with Crippen molar-refractivity contribution < 1.29 is 9.15 Å². The monoisotopic (exact) mass is 239 g/mol. The van der Waals surface area contributed by atoms with Crippen LogP contribution in [0.2, 0.25) is 0 Å². The molecule has 0 saturated heterocycles. The first-order chi connectivity index (χ1) is 8.26. The predicted molar refractivity (Wildman–Crippen MR) is 69.9 cm³/mol. The summed E-state index contributed by atoms with van der Waals surface area (Å²) in [6.07, 6.45) is 5.54. The van der Waals surface area contributed by atoms with E-state index in [4.69, 9.17) is 9.15 Å². The second-order valence-electron chi connectivity index (χ2n) is 4.51. The summed E-state index contributed by atoms with van der Waals surface area (Å²) in [6, 6.07) is 2.07. The highest BCUT2D eigenvalue weighted by Crippen LogP contribution is 2.11. The average Bonchev–Trinajstić information content (AvgIpc) is 2.75. The Morgan fingerprint density at radius 3 is 2.88 bits per heavy atom. The van der Waals surface area contributed by atoms with E-state index in [1.165, 1.54) is 5.56 Å². The fraction of sp³-hybridized carbons (Fsp3) is 0.714. The minimum Gasteiger partial charge on any atom is -0.467 e. The van der Waals surface area contributed by atoms with E-state index >= 15 is 0 Å². The lowest BCUT2D eigenvalue weighted by atomic mass is 10.2. The maximum atomic E-state index is 5.69. The van der Waals surface area contributed by atoms with Crippen LogP contribution in [0.15, 0.2) is 16.7 Å². The van der Waals surface area contributed by atoms with E-state index in [1.54, 1.807) is 0 Å². The van der Waals surface area contributed by atoms with Gasteiger partial charge in [0.1, 0.15) is 12.4 Å². The fourth-order valence-electron chi connectivity index (χ4n) is 1.72. The van der Waals surface area contributed by atoms with Crippen LogP contribution in [0, 0.1) is 0 Å². The lowest BCUT2D eigenvalue weighted by Gasteiger charge is -2.09. The van der Waals surface area contributed by atoms with Crippen LogP contribution in [0.5, 0.6) is 0 Å². The molecule has 1 atom stereocenters. The zero-order valence-electron chi connectivity index (χ0n) is 11.3. The number of hydrogen-bond acceptors (Lipinski definition) is 3. The molecule has 0 aromatic carbocycles. The van der Waals surface area contributed by atoms with Gasteiger partial charge < -0.3 is 14.5 Å². The van der Waals surface area contributed by atoms with E-state index in [9.17, 15) is 0 Å². The van der Waals surface area contributed by atoms with Crippen molar-refractivity contribution in [3.63, 3.8) is 0 Å². The molecule has 98 valence electrons. The van der Waals surface area contributed by atoms with Crippen LogP contribution in [-0.4, -0.2) is 12.6 Å². The van der Waals surface area contributed by atoms with Crippen molar-refractivity contribution in [1.82, 2.24) is 5.32 Å². The van der Waals surface area contributed by atoms with Crippen LogP contribution in [0.4, 0.5) is 0 Å². The molecule has 0 aliphatic heterocycles. The van der Waals surface area contributed by atoms with Crippen LogP contribution in [-0.2, 0) is 17.9 Å². The van der Waals surface area contributed by atoms with Gasteiger partial charge in [0.05, 0.1) is 12.4 Å². The molecule has 3 heteroatoms. The number of furan rings is 1. The maximum Gasteiger partial charge on any atom is 0.129 e. The van der Waals surface area contributed by atoms with Crippen molar-refractivity contribution in [2.45, 2.75) is 59.3 Å². The zero-order valence-corrected chi connectivity index (χ0v) is 11.3. The SMILES string of the molecule is CCCNCc1coc(COC(C)CCC)c1. The smallest absolute Gasteiger partial charge is 0.129 e. The van der Waals surface area contributed by atoms with Crippen LogP contribution in [0.3, 0.4) is 0 Å². The molecule has 0 fully saturated rings. The van der Waals surface area contributed by atoms with E-state index in [-0.39, 0.29) is 0 Å². The molecule has 1 aromatic heterocycles. The zero-order chi connectivity index (χ0) is 12.5. The van der Waals surface area contributed by atoms with Crippen LogP contribution in [0.25, 0.3) is 0 Å². The summed E-state index contributed by atoms with van der Waals surface area (Å²) >= 11 is 0. The van der Waals surface area contributed by atoms with E-state index in [0.717, 1.165) is 38.1 Å². The normalized spacial score (nSPS) is 12.9. The summed E-state index contributed by atoms with van der Waals surface area (Å²) in [4.78, 5) is 0. The molecule has 0 spiro atoms. The van der Waals surface area contributed by atoms with Crippen molar-refractivity contribution in [2.24, 2.45) is 0 Å². The Hall–Kier alpha value is -0.800. The second-order valence-corrected chi connectivity index (χ2v) is 4.51. The highest BCUT2D eigenvalue weighted by atomic mass is 16.5. The van der Waals surface area contributed by atoms with Crippen molar-refractivity contribution in [1.29, 1.82) is 0 Å². The Bertz CT molecular complexity index is 296. The molecule has 1 heterocycles. The summed E-state index contributed by atoms with van der Waals surface area (Å²) in [6.45, 7) is 8.94. The Kier molecular flexibility index (Phi) is 6.97. The minimum absolute atomic E-state index is 0.312. The van der Waals surface area contributed by atoms with Gasteiger partial charge in [-0.15, -0.1) is 0 Å². The Morgan fingerprint density at radius 1 is 1.35 bits per heavy atom. The molecular weight excluding hydrogens is 214 g/mol. The van der Waals surface area contributed by atoms with Gasteiger partial charge in [0.15, 0.2) is 0 Å². The van der Waals surface area contributed by atoms with E-state index in [2.05, 4.69) is 32.2 Å². The first-order valence-corrected chi connectivity index (χ1v) is 6.64. The molecule has 0 aliphatic carbocycles. The third kappa shape index (κ3) is 5.89. The second kappa shape index (κ2) is 8.31. The highest BCUT2D eigenvalue weighted by Gasteiger charge is 2.05. The quantitative estimate of drug-likeness (QED) is 0.670. The van der Waals surface area contributed by atoms with Crippen LogP contribution >= 0.6 is 0 Å². The Morgan fingerprint density at radius 2 is 2.18 bits per heavy atom. The van der Waals surface area contributed by atoms with Crippen molar-refractivity contribution in [3.05, 3.63) is 23.7 Å². The summed E-state index contributed by atoms with van der Waals surface area (Å²) in [7, 11) is 0. The van der Waals surface area contributed by atoms with Gasteiger partial charge in [-0.2, -0.15) is 0 Å². The van der Waals surface area contributed by atoms with Gasteiger partial charge in [0.2, 0.25) is 0 Å². The molecule has 0 aliphatic rings. The molecular formula is C14H25NO2. The lowest BCUT2D eigenvalue weighted by molar-refractivity contribution is 0.0372. The number of hydrogen-bond donors (Lipinski definition) is 1. The van der Waals surface area contributed by atoms with Gasteiger partial charge in [-0.25, -0.2) is 0 Å². The van der Waals surface area contributed by atoms with Gasteiger partial charge in [-0.05, 0) is 32.4 Å². The summed E-state index contributed by atoms with van der Waals surface area (Å²) in [5, 5.41) is 3.35. The summed E-state index contributed by atoms with van der Waals surface area (Å²) < 4.78 is 11.2. The minimum atomic E-state index is 0.312. The number of rotatable bonds is 9. The Balaban J connectivity index is 2.25. The van der Waals surface area contributed by atoms with Gasteiger partial charge in [-0.3, -0.25) is 0 Å². The predicted octanol–water partition coefficient (Wildman–Crippen LogP) is 3.48. The van der Waals surface area contributed by atoms with Crippen LogP contribution < -0.4 is 5.32 Å². The van der Waals surface area contributed by atoms with Gasteiger partial charge in [0.25, 0.3) is 0 Å². The molecule has 0 radical (unpaired) electrons. The van der Waals surface area contributed by atoms with Crippen molar-refractivity contribution >= 4 is 0 Å². The molecule has 0 bridgehead atoms. The first kappa shape index (κ1) is 14.3. The third-order valence-corrected chi connectivity index (χ3v) is 2.67. The third-order valence-electron chi connectivity index (χ3n) is 2.67. The van der Waals surface area contributed by atoms with Crippen molar-refractivity contribution in [2.75, 3.05) is 6.54 Å². The largest absolute Gasteiger partial charge is 0.467 e. The lowest BCUT2D eigenvalue weighted by Crippen LogP contribution is -2.13.